The van der Waals surface area contributed by atoms with Gasteiger partial charge in [0.2, 0.25) is 0 Å². The van der Waals surface area contributed by atoms with E-state index in [9.17, 15) is 9.59 Å². The van der Waals surface area contributed by atoms with Crippen LogP contribution in [0.4, 0.5) is 0 Å². The lowest BCUT2D eigenvalue weighted by Crippen LogP contribution is -2.43. The summed E-state index contributed by atoms with van der Waals surface area (Å²) in [5.74, 6) is -0.831. The van der Waals surface area contributed by atoms with Crippen molar-refractivity contribution in [2.75, 3.05) is 0 Å². The molecule has 0 aliphatic carbocycles. The smallest absolute Gasteiger partial charge is 0.303 e. The predicted octanol–water partition coefficient (Wildman–Crippen LogP) is 2.67. The van der Waals surface area contributed by atoms with Gasteiger partial charge in [-0.1, -0.05) is 41.5 Å². The van der Waals surface area contributed by atoms with Crippen LogP contribution in [0.3, 0.4) is 0 Å². The van der Waals surface area contributed by atoms with Crippen molar-refractivity contribution in [1.29, 1.82) is 0 Å². The summed E-state index contributed by atoms with van der Waals surface area (Å²) < 4.78 is 0. The largest absolute Gasteiger partial charge is 0.481 e. The van der Waals surface area contributed by atoms with Gasteiger partial charge in [-0.15, -0.1) is 0 Å². The van der Waals surface area contributed by atoms with Crippen LogP contribution in [0.5, 0.6) is 0 Å². The topological polar surface area (TPSA) is 83.5 Å². The molecular formula is C15H31NO4. The summed E-state index contributed by atoms with van der Waals surface area (Å²) in [4.78, 5) is 31.0. The van der Waals surface area contributed by atoms with Crippen LogP contribution in [0.2, 0.25) is 0 Å². The van der Waals surface area contributed by atoms with Gasteiger partial charge < -0.3 is 15.2 Å². The molecule has 0 radical (unpaired) electrons. The first-order chi connectivity index (χ1) is 9.26. The molecular weight excluding hydrogens is 258 g/mol. The summed E-state index contributed by atoms with van der Waals surface area (Å²) >= 11 is 0. The van der Waals surface area contributed by atoms with Crippen LogP contribution in [-0.4, -0.2) is 35.2 Å². The molecule has 20 heavy (non-hydrogen) atoms. The van der Waals surface area contributed by atoms with Gasteiger partial charge in [-0.05, 0) is 13.3 Å². The van der Waals surface area contributed by atoms with Crippen molar-refractivity contribution >= 4 is 18.0 Å². The Morgan fingerprint density at radius 2 is 1.55 bits per heavy atom. The number of Topliss-reactive ketones (excluding diaryl/α,β-unsaturated/α-hetero) is 1. The molecule has 0 aromatic rings. The van der Waals surface area contributed by atoms with Crippen LogP contribution in [0, 0.1) is 5.92 Å². The van der Waals surface area contributed by atoms with Crippen LogP contribution in [0.15, 0.2) is 0 Å². The number of rotatable bonds is 7. The average molecular weight is 289 g/mol. The second-order valence-electron chi connectivity index (χ2n) is 4.60. The molecule has 0 spiro atoms. The average Bonchev–Trinajstić information content (AvgIpc) is 2.36. The first-order valence-electron chi connectivity index (χ1n) is 7.17. The minimum absolute atomic E-state index is 0.0306. The van der Waals surface area contributed by atoms with Crippen molar-refractivity contribution < 1.29 is 19.5 Å². The number of aldehydes is 1. The Labute approximate surface area is 123 Å². The van der Waals surface area contributed by atoms with E-state index in [1.54, 1.807) is 0 Å². The van der Waals surface area contributed by atoms with Crippen LogP contribution in [-0.2, 0) is 14.4 Å². The van der Waals surface area contributed by atoms with Crippen LogP contribution in [0.25, 0.3) is 0 Å². The molecule has 0 bridgehead atoms. The quantitative estimate of drug-likeness (QED) is 0.704. The second-order valence-corrected chi connectivity index (χ2v) is 4.60. The minimum Gasteiger partial charge on any atom is -0.481 e. The summed E-state index contributed by atoms with van der Waals surface area (Å²) in [6.45, 7) is 13.0. The fourth-order valence-electron chi connectivity index (χ4n) is 1.38. The number of carboxylic acids is 1. The van der Waals surface area contributed by atoms with Crippen molar-refractivity contribution in [3.8, 4) is 0 Å². The zero-order valence-electron chi connectivity index (χ0n) is 13.9. The van der Waals surface area contributed by atoms with E-state index >= 15 is 0 Å². The van der Waals surface area contributed by atoms with Crippen molar-refractivity contribution in [2.45, 2.75) is 73.4 Å². The van der Waals surface area contributed by atoms with Gasteiger partial charge in [0.15, 0.2) is 5.78 Å². The van der Waals surface area contributed by atoms with E-state index in [2.05, 4.69) is 5.32 Å². The van der Waals surface area contributed by atoms with E-state index in [-0.39, 0.29) is 30.2 Å². The van der Waals surface area contributed by atoms with E-state index in [1.807, 2.05) is 41.5 Å². The van der Waals surface area contributed by atoms with Crippen molar-refractivity contribution in [1.82, 2.24) is 5.32 Å². The van der Waals surface area contributed by atoms with Crippen molar-refractivity contribution in [3.63, 3.8) is 0 Å². The molecule has 0 fully saturated rings. The highest BCUT2D eigenvalue weighted by Gasteiger charge is 2.22. The normalized spacial score (nSPS) is 10.8. The van der Waals surface area contributed by atoms with Gasteiger partial charge in [-0.3, -0.25) is 9.59 Å². The summed E-state index contributed by atoms with van der Waals surface area (Å²) in [6.07, 6.45) is 1.15. The maximum absolute atomic E-state index is 11.7. The molecule has 0 aromatic heterocycles. The standard InChI is InChI=1S/C11H21NO3.C2H4O.C2H6/c1-7(2)11(15)9(12-8(3)4)5-6-10(13)14;1-2-3;1-2/h7-9,12H,5-6H2,1-4H3,(H,13,14);2H,1H3;1-2H3/t9-;;/m0../s1. The number of carboxylic acid groups (broad SMARTS) is 1. The Morgan fingerprint density at radius 1 is 1.15 bits per heavy atom. The zero-order valence-corrected chi connectivity index (χ0v) is 13.9. The Balaban J connectivity index is -0.000000505. The third-order valence-electron chi connectivity index (χ3n) is 2.09. The number of aliphatic carboxylic acids is 1. The molecule has 0 aliphatic heterocycles. The van der Waals surface area contributed by atoms with Gasteiger partial charge in [0.05, 0.1) is 6.04 Å². The van der Waals surface area contributed by atoms with E-state index in [0.29, 0.717) is 6.42 Å². The maximum Gasteiger partial charge on any atom is 0.303 e. The van der Waals surface area contributed by atoms with Gasteiger partial charge in [0.1, 0.15) is 6.29 Å². The number of hydrogen-bond donors (Lipinski definition) is 2. The maximum atomic E-state index is 11.7. The molecule has 120 valence electrons. The Bertz CT molecular complexity index is 263. The number of carbonyl (C=O) groups excluding carboxylic acids is 2. The number of ketones is 1. The number of nitrogens with one attached hydrogen (secondary N) is 1. The summed E-state index contributed by atoms with van der Waals surface area (Å²) in [6, 6.07) is -0.146. The fourth-order valence-corrected chi connectivity index (χ4v) is 1.38. The van der Waals surface area contributed by atoms with Gasteiger partial charge in [0, 0.05) is 18.4 Å². The Kier molecular flexibility index (Phi) is 18.9. The fraction of sp³-hybridized carbons (Fsp3) is 0.800. The van der Waals surface area contributed by atoms with Crippen LogP contribution in [0.1, 0.15) is 61.3 Å². The zero-order chi connectivity index (χ0) is 16.7. The number of hydrogen-bond acceptors (Lipinski definition) is 4. The Hall–Kier alpha value is -1.23. The van der Waals surface area contributed by atoms with Crippen molar-refractivity contribution in [2.24, 2.45) is 5.92 Å². The minimum atomic E-state index is -0.859. The van der Waals surface area contributed by atoms with E-state index in [4.69, 9.17) is 9.90 Å². The van der Waals surface area contributed by atoms with E-state index in [1.165, 1.54) is 6.92 Å². The molecule has 1 atom stereocenters. The van der Waals surface area contributed by atoms with E-state index < -0.39 is 5.97 Å². The second kappa shape index (κ2) is 15.8. The molecule has 0 rings (SSSR count). The summed E-state index contributed by atoms with van der Waals surface area (Å²) in [5.41, 5.74) is 0. The molecule has 0 saturated carbocycles. The number of carbonyl (C=O) groups is 3. The van der Waals surface area contributed by atoms with Gasteiger partial charge in [-0.25, -0.2) is 0 Å². The van der Waals surface area contributed by atoms with Gasteiger partial charge >= 0.3 is 5.97 Å². The highest BCUT2D eigenvalue weighted by molar-refractivity contribution is 5.86. The first kappa shape index (κ1) is 23.8. The highest BCUT2D eigenvalue weighted by atomic mass is 16.4. The first-order valence-corrected chi connectivity index (χ1v) is 7.17. The van der Waals surface area contributed by atoms with Crippen LogP contribution < -0.4 is 5.32 Å². The Morgan fingerprint density at radius 3 is 1.80 bits per heavy atom. The van der Waals surface area contributed by atoms with Gasteiger partial charge in [0.25, 0.3) is 0 Å². The third-order valence-corrected chi connectivity index (χ3v) is 2.09. The van der Waals surface area contributed by atoms with Gasteiger partial charge in [-0.2, -0.15) is 0 Å². The predicted molar refractivity (Wildman–Crippen MR) is 81.9 cm³/mol. The molecule has 0 saturated heterocycles. The lowest BCUT2D eigenvalue weighted by molar-refractivity contribution is -0.137. The molecule has 2 N–H and O–H groups in total. The monoisotopic (exact) mass is 289 g/mol. The lowest BCUT2D eigenvalue weighted by atomic mass is 9.97. The lowest BCUT2D eigenvalue weighted by Gasteiger charge is -2.21. The molecule has 0 amide bonds. The molecule has 0 unspecified atom stereocenters. The SMILES string of the molecule is CC.CC(C)N[C@@H](CCC(=O)O)C(=O)C(C)C.CC=O. The summed E-state index contributed by atoms with van der Waals surface area (Å²) in [5, 5.41) is 11.7. The van der Waals surface area contributed by atoms with Crippen molar-refractivity contribution in [3.05, 3.63) is 0 Å². The molecule has 5 nitrogen and oxygen atoms in total. The van der Waals surface area contributed by atoms with E-state index in [0.717, 1.165) is 6.29 Å². The molecule has 0 aromatic carbocycles. The summed E-state index contributed by atoms with van der Waals surface area (Å²) in [7, 11) is 0. The van der Waals surface area contributed by atoms with Crippen LogP contribution >= 0.6 is 0 Å². The molecule has 0 aliphatic rings. The highest BCUT2D eigenvalue weighted by Crippen LogP contribution is 2.07. The molecule has 0 heterocycles. The molecule has 5 heteroatoms. The third kappa shape index (κ3) is 16.8.